The van der Waals surface area contributed by atoms with E-state index in [2.05, 4.69) is 29.3 Å². The Labute approximate surface area is 168 Å². The van der Waals surface area contributed by atoms with E-state index in [1.54, 1.807) is 33.2 Å². The van der Waals surface area contributed by atoms with Gasteiger partial charge >= 0.3 is 0 Å². The van der Waals surface area contributed by atoms with E-state index in [0.29, 0.717) is 23.5 Å². The summed E-state index contributed by atoms with van der Waals surface area (Å²) in [5.41, 5.74) is 5.14. The average molecular weight is 400 g/mol. The van der Waals surface area contributed by atoms with E-state index >= 15 is 0 Å². The number of allylic oxidation sites excluding steroid dienone is 1. The van der Waals surface area contributed by atoms with Gasteiger partial charge in [0.25, 0.3) is 0 Å². The van der Waals surface area contributed by atoms with Crippen molar-refractivity contribution in [3.8, 4) is 11.5 Å². The first-order valence-corrected chi connectivity index (χ1v) is 11.8. The molecule has 2 aliphatic carbocycles. The molecule has 2 aromatic rings. The van der Waals surface area contributed by atoms with Gasteiger partial charge in [-0.1, -0.05) is 17.7 Å². The quantitative estimate of drug-likeness (QED) is 0.700. The number of benzene rings is 1. The molecule has 5 heteroatoms. The van der Waals surface area contributed by atoms with Crippen LogP contribution in [0.4, 0.5) is 0 Å². The van der Waals surface area contributed by atoms with E-state index in [-0.39, 0.29) is 0 Å². The van der Waals surface area contributed by atoms with E-state index in [1.165, 1.54) is 16.7 Å². The van der Waals surface area contributed by atoms with Gasteiger partial charge in [0.05, 0.1) is 16.7 Å². The zero-order chi connectivity index (χ0) is 19.9. The number of oxazole rings is 1. The van der Waals surface area contributed by atoms with Gasteiger partial charge in [-0.05, 0) is 88.0 Å². The Morgan fingerprint density at radius 3 is 2.54 bits per heavy atom. The van der Waals surface area contributed by atoms with Gasteiger partial charge in [-0.3, -0.25) is 0 Å². The zero-order valence-electron chi connectivity index (χ0n) is 16.9. The van der Waals surface area contributed by atoms with Gasteiger partial charge in [0, 0.05) is 5.56 Å². The molecule has 150 valence electrons. The Balaban J connectivity index is 1.41. The maximum absolute atomic E-state index is 12.5. The second-order valence-corrected chi connectivity index (χ2v) is 12.0. The van der Waals surface area contributed by atoms with Gasteiger partial charge in [-0.2, -0.15) is 0 Å². The molecular formula is C23H29NO3S. The summed E-state index contributed by atoms with van der Waals surface area (Å²) in [6, 6.07) is 6.42. The van der Waals surface area contributed by atoms with Gasteiger partial charge < -0.3 is 4.42 Å². The molecular weight excluding hydrogens is 370 g/mol. The number of hydrogen-bond donors (Lipinski definition) is 0. The topological polar surface area (TPSA) is 60.2 Å². The van der Waals surface area contributed by atoms with Crippen LogP contribution in [-0.4, -0.2) is 23.9 Å². The predicted octanol–water partition coefficient (Wildman–Crippen LogP) is 5.30. The Bertz CT molecular complexity index is 973. The molecule has 0 N–H and O–H groups in total. The smallest absolute Gasteiger partial charge is 0.225 e. The summed E-state index contributed by atoms with van der Waals surface area (Å²) in [6.07, 6.45) is 10.8. The fourth-order valence-electron chi connectivity index (χ4n) is 4.38. The van der Waals surface area contributed by atoms with E-state index in [0.717, 1.165) is 37.7 Å². The van der Waals surface area contributed by atoms with Crippen LogP contribution in [0.3, 0.4) is 0 Å². The highest BCUT2D eigenvalue weighted by Gasteiger charge is 2.34. The van der Waals surface area contributed by atoms with Crippen molar-refractivity contribution in [1.82, 2.24) is 4.98 Å². The van der Waals surface area contributed by atoms with E-state index in [4.69, 9.17) is 4.42 Å². The van der Waals surface area contributed by atoms with Crippen LogP contribution in [0.5, 0.6) is 0 Å². The molecule has 4 rings (SSSR count). The summed E-state index contributed by atoms with van der Waals surface area (Å²) in [7, 11) is -3.03. The van der Waals surface area contributed by atoms with Crippen molar-refractivity contribution in [2.45, 2.75) is 57.6 Å². The predicted molar refractivity (Wildman–Crippen MR) is 113 cm³/mol. The van der Waals surface area contributed by atoms with E-state index < -0.39 is 14.6 Å². The normalized spacial score (nSPS) is 22.8. The maximum Gasteiger partial charge on any atom is 0.225 e. The largest absolute Gasteiger partial charge is 0.445 e. The molecule has 1 saturated carbocycles. The summed E-state index contributed by atoms with van der Waals surface area (Å²) >= 11 is 0. The van der Waals surface area contributed by atoms with Crippen LogP contribution in [-0.2, 0) is 16.3 Å². The molecule has 0 bridgehead atoms. The van der Waals surface area contributed by atoms with Crippen LogP contribution >= 0.6 is 0 Å². The van der Waals surface area contributed by atoms with Crippen molar-refractivity contribution in [3.63, 3.8) is 0 Å². The van der Waals surface area contributed by atoms with Gasteiger partial charge in [-0.25, -0.2) is 13.4 Å². The van der Waals surface area contributed by atoms with E-state index in [1.807, 2.05) is 0 Å². The average Bonchev–Trinajstić information content (AvgIpc) is 3.30. The lowest BCUT2D eigenvalue weighted by molar-refractivity contribution is 0.319. The molecule has 0 aliphatic heterocycles. The first-order chi connectivity index (χ1) is 13.2. The lowest BCUT2D eigenvalue weighted by Gasteiger charge is -2.31. The molecule has 0 unspecified atom stereocenters. The van der Waals surface area contributed by atoms with Crippen molar-refractivity contribution >= 4 is 15.9 Å². The molecule has 1 aromatic carbocycles. The van der Waals surface area contributed by atoms with Gasteiger partial charge in [0.15, 0.2) is 9.84 Å². The van der Waals surface area contributed by atoms with Crippen LogP contribution in [0.2, 0.25) is 0 Å². The second kappa shape index (κ2) is 7.18. The molecule has 0 spiro atoms. The standard InChI is InChI=1S/C23H29NO3S/c1-23(2,3)28(25,26)15-16-4-6-17(7-5-16)20-12-18-8-9-19(13-21(18)14-20)22-24-10-11-27-22/h8-11,13-14,16-17H,4-7,12,15H2,1-3H3. The molecule has 28 heavy (non-hydrogen) atoms. The number of aromatic nitrogens is 1. The number of fused-ring (bicyclic) bond motifs is 1. The fraction of sp³-hybridized carbons (Fsp3) is 0.522. The van der Waals surface area contributed by atoms with Crippen LogP contribution in [0.15, 0.2) is 40.6 Å². The summed E-state index contributed by atoms with van der Waals surface area (Å²) in [5, 5.41) is 0. The minimum atomic E-state index is -3.03. The van der Waals surface area contributed by atoms with Crippen molar-refractivity contribution in [1.29, 1.82) is 0 Å². The van der Waals surface area contributed by atoms with Gasteiger partial charge in [0.2, 0.25) is 5.89 Å². The van der Waals surface area contributed by atoms with Crippen molar-refractivity contribution in [2.75, 3.05) is 5.75 Å². The summed E-state index contributed by atoms with van der Waals surface area (Å²) in [4.78, 5) is 4.24. The Kier molecular flexibility index (Phi) is 4.98. The van der Waals surface area contributed by atoms with Crippen LogP contribution < -0.4 is 0 Å². The molecule has 1 heterocycles. The highest BCUT2D eigenvalue weighted by molar-refractivity contribution is 7.92. The molecule has 1 fully saturated rings. The van der Waals surface area contributed by atoms with Crippen molar-refractivity contribution in [2.24, 2.45) is 11.8 Å². The minimum Gasteiger partial charge on any atom is -0.445 e. The molecule has 0 radical (unpaired) electrons. The molecule has 2 aliphatic rings. The lowest BCUT2D eigenvalue weighted by Crippen LogP contribution is -2.34. The third-order valence-corrected chi connectivity index (χ3v) is 9.10. The zero-order valence-corrected chi connectivity index (χ0v) is 17.8. The highest BCUT2D eigenvalue weighted by atomic mass is 32.2. The first-order valence-electron chi connectivity index (χ1n) is 10.2. The Morgan fingerprint density at radius 1 is 1.14 bits per heavy atom. The van der Waals surface area contributed by atoms with Crippen LogP contribution in [0.1, 0.15) is 57.6 Å². The second-order valence-electron chi connectivity index (χ2n) is 9.26. The van der Waals surface area contributed by atoms with Gasteiger partial charge in [-0.15, -0.1) is 0 Å². The molecule has 0 atom stereocenters. The summed E-state index contributed by atoms with van der Waals surface area (Å²) in [6.45, 7) is 5.42. The lowest BCUT2D eigenvalue weighted by atomic mass is 9.78. The minimum absolute atomic E-state index is 0.307. The van der Waals surface area contributed by atoms with Crippen LogP contribution in [0, 0.1) is 11.8 Å². The highest BCUT2D eigenvalue weighted by Crippen LogP contribution is 2.40. The van der Waals surface area contributed by atoms with Crippen LogP contribution in [0.25, 0.3) is 17.5 Å². The molecule has 1 aromatic heterocycles. The van der Waals surface area contributed by atoms with Crippen molar-refractivity contribution < 1.29 is 12.8 Å². The summed E-state index contributed by atoms with van der Waals surface area (Å²) < 4.78 is 29.8. The number of hydrogen-bond acceptors (Lipinski definition) is 4. The Morgan fingerprint density at radius 2 is 1.89 bits per heavy atom. The van der Waals surface area contributed by atoms with Gasteiger partial charge in [0.1, 0.15) is 6.26 Å². The SMILES string of the molecule is CC(C)(C)S(=O)(=O)CC1CCC(C2=Cc3cc(-c4ncco4)ccc3C2)CC1. The maximum atomic E-state index is 12.5. The number of rotatable bonds is 4. The third-order valence-electron chi connectivity index (χ3n) is 6.32. The monoisotopic (exact) mass is 399 g/mol. The number of sulfone groups is 1. The summed E-state index contributed by atoms with van der Waals surface area (Å²) in [5.74, 6) is 1.88. The fourth-order valence-corrected chi connectivity index (χ4v) is 5.84. The number of nitrogens with zero attached hydrogens (tertiary/aromatic N) is 1. The molecule has 4 nitrogen and oxygen atoms in total. The molecule has 0 amide bonds. The first kappa shape index (κ1) is 19.4. The third kappa shape index (κ3) is 3.82. The Hall–Kier alpha value is -1.88. The molecule has 0 saturated heterocycles. The van der Waals surface area contributed by atoms with Crippen molar-refractivity contribution in [3.05, 3.63) is 47.4 Å². The van der Waals surface area contributed by atoms with E-state index in [9.17, 15) is 8.42 Å².